The zero-order chi connectivity index (χ0) is 12.3. The van der Waals surface area contributed by atoms with Crippen molar-refractivity contribution in [3.8, 4) is 0 Å². The number of fused-ring (bicyclic) bond motifs is 1. The van der Waals surface area contributed by atoms with Crippen molar-refractivity contribution in [2.75, 3.05) is 6.61 Å². The minimum absolute atomic E-state index is 0.222. The molecule has 0 amide bonds. The molecule has 0 aliphatic heterocycles. The quantitative estimate of drug-likeness (QED) is 0.776. The smallest absolute Gasteiger partial charge is 0.310 e. The monoisotopic (exact) mass is 248 g/mol. The predicted molar refractivity (Wildman–Crippen MR) is 69.3 cm³/mol. The topological polar surface area (TPSA) is 26.3 Å². The van der Waals surface area contributed by atoms with Gasteiger partial charge in [-0.15, -0.1) is 0 Å². The van der Waals surface area contributed by atoms with Crippen LogP contribution in [0, 0.1) is 0 Å². The van der Waals surface area contributed by atoms with E-state index in [4.69, 9.17) is 16.3 Å². The third-order valence-corrected chi connectivity index (χ3v) is 2.77. The van der Waals surface area contributed by atoms with Gasteiger partial charge >= 0.3 is 5.97 Å². The standard InChI is InChI=1S/C14H13ClO2/c1-2-17-14(16)9-11-8-12(15)7-10-5-3-4-6-13(10)11/h3-8H,2,9H2,1H3. The molecule has 0 bridgehead atoms. The highest BCUT2D eigenvalue weighted by atomic mass is 35.5. The molecule has 0 spiro atoms. The first-order chi connectivity index (χ1) is 8.20. The van der Waals surface area contributed by atoms with E-state index in [1.165, 1.54) is 0 Å². The number of carbonyl (C=O) groups excluding carboxylic acids is 1. The summed E-state index contributed by atoms with van der Waals surface area (Å²) in [4.78, 5) is 11.5. The Morgan fingerprint density at radius 2 is 2.06 bits per heavy atom. The average molecular weight is 249 g/mol. The van der Waals surface area contributed by atoms with Crippen LogP contribution in [0.2, 0.25) is 5.02 Å². The normalized spacial score (nSPS) is 10.5. The van der Waals surface area contributed by atoms with Crippen LogP contribution in [0.5, 0.6) is 0 Å². The summed E-state index contributed by atoms with van der Waals surface area (Å²) in [6.07, 6.45) is 0.259. The number of ether oxygens (including phenoxy) is 1. The highest BCUT2D eigenvalue weighted by molar-refractivity contribution is 6.31. The molecule has 2 aromatic rings. The van der Waals surface area contributed by atoms with Crippen molar-refractivity contribution in [1.82, 2.24) is 0 Å². The van der Waals surface area contributed by atoms with E-state index in [1.807, 2.05) is 36.4 Å². The third-order valence-electron chi connectivity index (χ3n) is 2.55. The molecular weight excluding hydrogens is 236 g/mol. The SMILES string of the molecule is CCOC(=O)Cc1cc(Cl)cc2ccccc12. The Bertz CT molecular complexity index is 549. The lowest BCUT2D eigenvalue weighted by molar-refractivity contribution is -0.142. The van der Waals surface area contributed by atoms with Gasteiger partial charge in [-0.25, -0.2) is 0 Å². The lowest BCUT2D eigenvalue weighted by atomic mass is 10.0. The van der Waals surface area contributed by atoms with Crippen LogP contribution < -0.4 is 0 Å². The molecule has 0 aliphatic rings. The minimum Gasteiger partial charge on any atom is -0.466 e. The zero-order valence-corrected chi connectivity index (χ0v) is 10.3. The van der Waals surface area contributed by atoms with Crippen molar-refractivity contribution < 1.29 is 9.53 Å². The maximum absolute atomic E-state index is 11.5. The van der Waals surface area contributed by atoms with E-state index in [1.54, 1.807) is 6.92 Å². The van der Waals surface area contributed by atoms with Crippen LogP contribution in [0.1, 0.15) is 12.5 Å². The van der Waals surface area contributed by atoms with Crippen molar-refractivity contribution in [3.63, 3.8) is 0 Å². The molecule has 88 valence electrons. The first kappa shape index (κ1) is 11.9. The fourth-order valence-corrected chi connectivity index (χ4v) is 2.11. The zero-order valence-electron chi connectivity index (χ0n) is 9.57. The lowest BCUT2D eigenvalue weighted by Gasteiger charge is -2.07. The Morgan fingerprint density at radius 1 is 1.29 bits per heavy atom. The molecule has 0 saturated heterocycles. The van der Waals surface area contributed by atoms with Gasteiger partial charge < -0.3 is 4.74 Å². The van der Waals surface area contributed by atoms with Gasteiger partial charge in [0.05, 0.1) is 13.0 Å². The van der Waals surface area contributed by atoms with E-state index in [0.717, 1.165) is 16.3 Å². The van der Waals surface area contributed by atoms with Gasteiger partial charge in [0.15, 0.2) is 0 Å². The Kier molecular flexibility index (Phi) is 3.64. The van der Waals surface area contributed by atoms with Gasteiger partial charge in [-0.3, -0.25) is 4.79 Å². The summed E-state index contributed by atoms with van der Waals surface area (Å²) in [5.74, 6) is -0.222. The molecule has 0 radical (unpaired) electrons. The predicted octanol–water partition coefficient (Wildman–Crippen LogP) is 3.60. The van der Waals surface area contributed by atoms with Crippen LogP contribution in [0.25, 0.3) is 10.8 Å². The molecule has 3 heteroatoms. The Balaban J connectivity index is 2.42. The fourth-order valence-electron chi connectivity index (χ4n) is 1.86. The molecule has 0 fully saturated rings. The molecule has 0 atom stereocenters. The highest BCUT2D eigenvalue weighted by Gasteiger charge is 2.08. The van der Waals surface area contributed by atoms with E-state index in [2.05, 4.69) is 0 Å². The summed E-state index contributed by atoms with van der Waals surface area (Å²) in [5, 5.41) is 2.73. The molecule has 0 heterocycles. The molecule has 0 saturated carbocycles. The van der Waals surface area contributed by atoms with Gasteiger partial charge in [0, 0.05) is 5.02 Å². The molecule has 17 heavy (non-hydrogen) atoms. The molecule has 0 unspecified atom stereocenters. The van der Waals surface area contributed by atoms with Crippen LogP contribution in [-0.4, -0.2) is 12.6 Å². The largest absolute Gasteiger partial charge is 0.466 e. The summed E-state index contributed by atoms with van der Waals surface area (Å²) < 4.78 is 4.95. The molecule has 2 nitrogen and oxygen atoms in total. The van der Waals surface area contributed by atoms with E-state index in [-0.39, 0.29) is 12.4 Å². The number of benzene rings is 2. The van der Waals surface area contributed by atoms with Crippen molar-refractivity contribution in [1.29, 1.82) is 0 Å². The van der Waals surface area contributed by atoms with Crippen molar-refractivity contribution >= 4 is 28.3 Å². The van der Waals surface area contributed by atoms with E-state index in [9.17, 15) is 4.79 Å². The first-order valence-corrected chi connectivity index (χ1v) is 5.91. The summed E-state index contributed by atoms with van der Waals surface area (Å²) in [7, 11) is 0. The molecule has 0 aliphatic carbocycles. The average Bonchev–Trinajstić information content (AvgIpc) is 2.29. The maximum Gasteiger partial charge on any atom is 0.310 e. The van der Waals surface area contributed by atoms with Gasteiger partial charge in [-0.05, 0) is 35.4 Å². The lowest BCUT2D eigenvalue weighted by Crippen LogP contribution is -2.07. The van der Waals surface area contributed by atoms with Crippen LogP contribution in [-0.2, 0) is 16.0 Å². The fraction of sp³-hybridized carbons (Fsp3) is 0.214. The number of carbonyl (C=O) groups is 1. The number of rotatable bonds is 3. The second-order valence-corrected chi connectivity index (χ2v) is 4.20. The molecule has 0 N–H and O–H groups in total. The first-order valence-electron chi connectivity index (χ1n) is 5.53. The Labute approximate surface area is 105 Å². The van der Waals surface area contributed by atoms with Gasteiger partial charge in [0.25, 0.3) is 0 Å². The Morgan fingerprint density at radius 3 is 2.82 bits per heavy atom. The second kappa shape index (κ2) is 5.19. The van der Waals surface area contributed by atoms with E-state index in [0.29, 0.717) is 11.6 Å². The van der Waals surface area contributed by atoms with Crippen LogP contribution in [0.15, 0.2) is 36.4 Å². The number of halogens is 1. The summed E-state index contributed by atoms with van der Waals surface area (Å²) in [6, 6.07) is 11.6. The Hall–Kier alpha value is -1.54. The van der Waals surface area contributed by atoms with Crippen LogP contribution >= 0.6 is 11.6 Å². The van der Waals surface area contributed by atoms with Gasteiger partial charge in [-0.1, -0.05) is 35.9 Å². The summed E-state index contributed by atoms with van der Waals surface area (Å²) >= 11 is 6.03. The number of hydrogen-bond donors (Lipinski definition) is 0. The summed E-state index contributed by atoms with van der Waals surface area (Å²) in [6.45, 7) is 2.20. The van der Waals surface area contributed by atoms with E-state index < -0.39 is 0 Å². The van der Waals surface area contributed by atoms with Gasteiger partial charge in [0.2, 0.25) is 0 Å². The molecule has 0 aromatic heterocycles. The second-order valence-electron chi connectivity index (χ2n) is 3.77. The number of esters is 1. The van der Waals surface area contributed by atoms with Crippen molar-refractivity contribution in [2.45, 2.75) is 13.3 Å². The van der Waals surface area contributed by atoms with Gasteiger partial charge in [0.1, 0.15) is 0 Å². The highest BCUT2D eigenvalue weighted by Crippen LogP contribution is 2.24. The van der Waals surface area contributed by atoms with Crippen LogP contribution in [0.4, 0.5) is 0 Å². The van der Waals surface area contributed by atoms with Crippen molar-refractivity contribution in [3.05, 3.63) is 47.0 Å². The minimum atomic E-state index is -0.222. The number of hydrogen-bond acceptors (Lipinski definition) is 2. The third kappa shape index (κ3) is 2.77. The molecule has 2 rings (SSSR count). The molecular formula is C14H13ClO2. The summed E-state index contributed by atoms with van der Waals surface area (Å²) in [5.41, 5.74) is 0.909. The van der Waals surface area contributed by atoms with Crippen LogP contribution in [0.3, 0.4) is 0 Å². The van der Waals surface area contributed by atoms with Gasteiger partial charge in [-0.2, -0.15) is 0 Å². The maximum atomic E-state index is 11.5. The molecule has 2 aromatic carbocycles. The van der Waals surface area contributed by atoms with Crippen molar-refractivity contribution in [2.24, 2.45) is 0 Å². The van der Waals surface area contributed by atoms with E-state index >= 15 is 0 Å².